The second-order valence-corrected chi connectivity index (χ2v) is 1.95. The highest BCUT2D eigenvalue weighted by Crippen LogP contribution is 1.84. The predicted molar refractivity (Wildman–Crippen MR) is 46.4 cm³/mol. The monoisotopic (exact) mass is 163 g/mol. The topological polar surface area (TPSA) is 58.3 Å². The maximum atomic E-state index is 6.63. The van der Waals surface area contributed by atoms with Gasteiger partial charge in [0.05, 0.1) is 0 Å². The summed E-state index contributed by atoms with van der Waals surface area (Å²) in [5, 5.41) is 6.63. The summed E-state index contributed by atoms with van der Waals surface area (Å²) in [5.74, 6) is 0. The number of pyridine rings is 1. The predicted octanol–water partition coefficient (Wildman–Crippen LogP) is 1.10. The molecule has 62 valence electrons. The summed E-state index contributed by atoms with van der Waals surface area (Å²) in [6, 6.07) is 5.74. The first-order chi connectivity index (χ1) is 5.89. The molecular formula is C8H9N3O. The fraction of sp³-hybridized carbons (Fsp3) is 0.125. The van der Waals surface area contributed by atoms with Crippen LogP contribution in [-0.2, 0) is 4.74 Å². The van der Waals surface area contributed by atoms with Crippen LogP contribution in [0, 0.1) is 5.41 Å². The van der Waals surface area contributed by atoms with Crippen molar-refractivity contribution in [2.45, 2.75) is 0 Å². The van der Waals surface area contributed by atoms with Crippen molar-refractivity contribution in [3.8, 4) is 0 Å². The number of rotatable bonds is 0. The second kappa shape index (κ2) is 5.01. The molecule has 1 N–H and O–H groups in total. The first kappa shape index (κ1) is 8.39. The number of aliphatic imine (C=N–C) groups is 1. The minimum atomic E-state index is 0.0231. The molecule has 0 amide bonds. The number of amidine groups is 1. The van der Waals surface area contributed by atoms with E-state index in [9.17, 15) is 0 Å². The average Bonchev–Trinajstić information content (AvgIpc) is 2.60. The normalized spacial score (nSPS) is 13.2. The Morgan fingerprint density at radius 1 is 1.25 bits per heavy atom. The van der Waals surface area contributed by atoms with E-state index in [1.54, 1.807) is 18.6 Å². The third-order valence-electron chi connectivity index (χ3n) is 1.07. The van der Waals surface area contributed by atoms with Crippen molar-refractivity contribution in [2.75, 3.05) is 6.61 Å². The van der Waals surface area contributed by atoms with Crippen LogP contribution in [-0.4, -0.2) is 23.8 Å². The van der Waals surface area contributed by atoms with Crippen LogP contribution in [0.2, 0.25) is 0 Å². The minimum Gasteiger partial charge on any atom is -0.458 e. The van der Waals surface area contributed by atoms with Crippen LogP contribution in [0.1, 0.15) is 0 Å². The van der Waals surface area contributed by atoms with Gasteiger partial charge in [0.25, 0.3) is 0 Å². The standard InChI is InChI=1S/C5H5N.C3H4N2O/c1-2-4-6-5-3-1;4-3-5-1-2-6-3/h1-5H;1,4H,2H2. The maximum Gasteiger partial charge on any atom is 0.308 e. The Kier molecular flexibility index (Phi) is 3.50. The molecule has 0 spiro atoms. The van der Waals surface area contributed by atoms with E-state index in [-0.39, 0.29) is 6.02 Å². The lowest BCUT2D eigenvalue weighted by Gasteiger charge is -1.83. The average molecular weight is 163 g/mol. The van der Waals surface area contributed by atoms with E-state index in [1.807, 2.05) is 18.2 Å². The molecule has 0 saturated heterocycles. The molecule has 0 fully saturated rings. The van der Waals surface area contributed by atoms with Crippen molar-refractivity contribution >= 4 is 12.2 Å². The summed E-state index contributed by atoms with van der Waals surface area (Å²) in [4.78, 5) is 7.26. The Labute approximate surface area is 70.4 Å². The highest BCUT2D eigenvalue weighted by Gasteiger charge is 1.95. The molecule has 0 aromatic carbocycles. The van der Waals surface area contributed by atoms with Crippen molar-refractivity contribution in [1.82, 2.24) is 4.98 Å². The van der Waals surface area contributed by atoms with E-state index in [2.05, 4.69) is 14.7 Å². The van der Waals surface area contributed by atoms with Gasteiger partial charge in [-0.15, -0.1) is 0 Å². The zero-order valence-electron chi connectivity index (χ0n) is 6.47. The Hall–Kier alpha value is -1.71. The lowest BCUT2D eigenvalue weighted by Crippen LogP contribution is -1.88. The lowest BCUT2D eigenvalue weighted by atomic mass is 10.5. The van der Waals surface area contributed by atoms with Crippen LogP contribution in [0.15, 0.2) is 35.6 Å². The molecule has 0 unspecified atom stereocenters. The molecule has 2 heterocycles. The van der Waals surface area contributed by atoms with Gasteiger partial charge in [-0.3, -0.25) is 4.98 Å². The molecule has 0 aliphatic carbocycles. The third-order valence-corrected chi connectivity index (χ3v) is 1.07. The Morgan fingerprint density at radius 2 is 2.00 bits per heavy atom. The lowest BCUT2D eigenvalue weighted by molar-refractivity contribution is 0.374. The van der Waals surface area contributed by atoms with E-state index in [0.717, 1.165) is 0 Å². The first-order valence-electron chi connectivity index (χ1n) is 3.48. The largest absolute Gasteiger partial charge is 0.458 e. The summed E-state index contributed by atoms with van der Waals surface area (Å²) in [7, 11) is 0. The fourth-order valence-electron chi connectivity index (χ4n) is 0.586. The van der Waals surface area contributed by atoms with E-state index < -0.39 is 0 Å². The minimum absolute atomic E-state index is 0.0231. The summed E-state index contributed by atoms with van der Waals surface area (Å²) >= 11 is 0. The SMILES string of the molecule is N=C1N=CCO1.c1ccncc1. The molecule has 0 radical (unpaired) electrons. The molecule has 2 rings (SSSR count). The zero-order valence-corrected chi connectivity index (χ0v) is 6.47. The summed E-state index contributed by atoms with van der Waals surface area (Å²) in [6.07, 6.45) is 5.06. The van der Waals surface area contributed by atoms with Gasteiger partial charge in [0, 0.05) is 18.6 Å². The third kappa shape index (κ3) is 3.46. The van der Waals surface area contributed by atoms with Crippen LogP contribution in [0.4, 0.5) is 0 Å². The van der Waals surface area contributed by atoms with Crippen LogP contribution in [0.25, 0.3) is 0 Å². The van der Waals surface area contributed by atoms with Gasteiger partial charge in [-0.2, -0.15) is 0 Å². The molecule has 4 nitrogen and oxygen atoms in total. The van der Waals surface area contributed by atoms with Crippen LogP contribution >= 0.6 is 0 Å². The number of ether oxygens (including phenoxy) is 1. The van der Waals surface area contributed by atoms with E-state index >= 15 is 0 Å². The number of nitrogens with zero attached hydrogens (tertiary/aromatic N) is 2. The Bertz CT molecular complexity index is 232. The van der Waals surface area contributed by atoms with Crippen LogP contribution < -0.4 is 0 Å². The molecule has 1 aliphatic heterocycles. The quantitative estimate of drug-likeness (QED) is 0.622. The smallest absolute Gasteiger partial charge is 0.308 e. The van der Waals surface area contributed by atoms with Gasteiger partial charge in [0.2, 0.25) is 0 Å². The van der Waals surface area contributed by atoms with E-state index in [4.69, 9.17) is 5.41 Å². The van der Waals surface area contributed by atoms with Gasteiger partial charge in [-0.1, -0.05) is 6.07 Å². The first-order valence-corrected chi connectivity index (χ1v) is 3.48. The number of hydrogen-bond acceptors (Lipinski definition) is 3. The summed E-state index contributed by atoms with van der Waals surface area (Å²) in [5.41, 5.74) is 0. The Balaban J connectivity index is 0.000000120. The second-order valence-electron chi connectivity index (χ2n) is 1.95. The molecule has 1 aromatic rings. The summed E-state index contributed by atoms with van der Waals surface area (Å²) < 4.78 is 4.51. The van der Waals surface area contributed by atoms with E-state index in [0.29, 0.717) is 6.61 Å². The van der Waals surface area contributed by atoms with Crippen LogP contribution in [0.3, 0.4) is 0 Å². The number of nitrogens with one attached hydrogen (secondary N) is 1. The Morgan fingerprint density at radius 3 is 2.17 bits per heavy atom. The molecule has 4 heteroatoms. The highest BCUT2D eigenvalue weighted by atomic mass is 16.5. The van der Waals surface area contributed by atoms with E-state index in [1.165, 1.54) is 0 Å². The zero-order chi connectivity index (χ0) is 8.65. The fourth-order valence-corrected chi connectivity index (χ4v) is 0.586. The molecular weight excluding hydrogens is 154 g/mol. The van der Waals surface area contributed by atoms with Crippen molar-refractivity contribution in [3.63, 3.8) is 0 Å². The van der Waals surface area contributed by atoms with Gasteiger partial charge >= 0.3 is 6.02 Å². The van der Waals surface area contributed by atoms with Gasteiger partial charge in [0.1, 0.15) is 6.61 Å². The maximum absolute atomic E-state index is 6.63. The molecule has 0 bridgehead atoms. The molecule has 0 atom stereocenters. The number of aromatic nitrogens is 1. The summed E-state index contributed by atoms with van der Waals surface area (Å²) in [6.45, 7) is 0.471. The van der Waals surface area contributed by atoms with Crippen molar-refractivity contribution < 1.29 is 4.74 Å². The van der Waals surface area contributed by atoms with Crippen molar-refractivity contribution in [1.29, 1.82) is 5.41 Å². The molecule has 0 saturated carbocycles. The number of hydrogen-bond donors (Lipinski definition) is 1. The van der Waals surface area contributed by atoms with Crippen molar-refractivity contribution in [3.05, 3.63) is 30.6 Å². The highest BCUT2D eigenvalue weighted by molar-refractivity contribution is 5.86. The van der Waals surface area contributed by atoms with Gasteiger partial charge in [0.15, 0.2) is 0 Å². The van der Waals surface area contributed by atoms with Crippen molar-refractivity contribution in [2.24, 2.45) is 4.99 Å². The van der Waals surface area contributed by atoms with Gasteiger partial charge in [-0.05, 0) is 12.1 Å². The van der Waals surface area contributed by atoms with Gasteiger partial charge < -0.3 is 4.74 Å². The van der Waals surface area contributed by atoms with Crippen LogP contribution in [0.5, 0.6) is 0 Å². The molecule has 12 heavy (non-hydrogen) atoms. The molecule has 1 aliphatic rings. The molecule has 1 aromatic heterocycles. The van der Waals surface area contributed by atoms with Gasteiger partial charge in [-0.25, -0.2) is 10.4 Å².